The van der Waals surface area contributed by atoms with Gasteiger partial charge < -0.3 is 5.11 Å². The largest absolute Gasteiger partial charge is 0.872 e. The molecular formula is C37H35FNO2S-. The molecule has 0 N–H and O–H groups in total. The molecule has 0 saturated heterocycles. The van der Waals surface area contributed by atoms with Crippen molar-refractivity contribution in [3.8, 4) is 11.1 Å². The van der Waals surface area contributed by atoms with Crippen molar-refractivity contribution in [1.29, 1.82) is 0 Å². The molecule has 3 aliphatic rings. The van der Waals surface area contributed by atoms with Crippen LogP contribution < -0.4 is 5.11 Å². The van der Waals surface area contributed by atoms with Crippen molar-refractivity contribution in [3.05, 3.63) is 113 Å². The van der Waals surface area contributed by atoms with Gasteiger partial charge >= 0.3 is 0 Å². The Balaban J connectivity index is 1.22. The van der Waals surface area contributed by atoms with Crippen LogP contribution in [0.15, 0.2) is 105 Å². The van der Waals surface area contributed by atoms with Gasteiger partial charge in [0.1, 0.15) is 5.82 Å². The molecule has 1 fully saturated rings. The first-order chi connectivity index (χ1) is 20.5. The average Bonchev–Trinajstić information content (AvgIpc) is 3.01. The number of halogens is 1. The standard InChI is InChI=1S/C37H36FNO2S/c1-3-7-23-12-14-24(15-13-23)26-18-21-28(31(38)22-26)25-16-19-27(20-17-25)42-33-11-6-9-30-35(33)37(41)29-8-5-10-32(39-4-2)34(29)36(30)40/h5-6,8-11,16-24,40H,3-4,7,12-15H2,1-2H3/p-1. The molecule has 214 valence electrons. The van der Waals surface area contributed by atoms with Crippen LogP contribution in [0.4, 0.5) is 4.39 Å². The third kappa shape index (κ3) is 5.43. The summed E-state index contributed by atoms with van der Waals surface area (Å²) in [6.07, 6.45) is 12.6. The zero-order valence-corrected chi connectivity index (χ0v) is 25.0. The minimum Gasteiger partial charge on any atom is -0.872 e. The van der Waals surface area contributed by atoms with E-state index in [1.807, 2.05) is 49.4 Å². The SMILES string of the molecule is CCCC1CCC(c2ccc(-c3ccc(Sc4cccc5c4C(=O)C4=CC=CC(=NCC)C4=C5[O-])cc3)c(F)c2)CC1. The fraction of sp³-hybridized carbons (Fsp3) is 0.297. The minimum atomic E-state index is -0.183. The second-order valence-electron chi connectivity index (χ2n) is 11.4. The van der Waals surface area contributed by atoms with E-state index < -0.39 is 0 Å². The van der Waals surface area contributed by atoms with Crippen LogP contribution in [0.3, 0.4) is 0 Å². The van der Waals surface area contributed by atoms with E-state index in [0.29, 0.717) is 46.0 Å². The Morgan fingerprint density at radius 2 is 1.76 bits per heavy atom. The molecule has 1 saturated carbocycles. The van der Waals surface area contributed by atoms with E-state index in [1.165, 1.54) is 37.4 Å². The highest BCUT2D eigenvalue weighted by atomic mass is 32.2. The van der Waals surface area contributed by atoms with E-state index in [4.69, 9.17) is 0 Å². The van der Waals surface area contributed by atoms with Crippen LogP contribution in [0.1, 0.15) is 79.8 Å². The monoisotopic (exact) mass is 576 g/mol. The highest BCUT2D eigenvalue weighted by molar-refractivity contribution is 7.99. The van der Waals surface area contributed by atoms with Gasteiger partial charge in [0.15, 0.2) is 5.78 Å². The molecule has 5 heteroatoms. The van der Waals surface area contributed by atoms with Crippen molar-refractivity contribution in [1.82, 2.24) is 0 Å². The summed E-state index contributed by atoms with van der Waals surface area (Å²) in [4.78, 5) is 19.7. The zero-order valence-electron chi connectivity index (χ0n) is 24.2. The van der Waals surface area contributed by atoms with Crippen LogP contribution in [0.25, 0.3) is 16.9 Å². The van der Waals surface area contributed by atoms with Crippen molar-refractivity contribution in [2.24, 2.45) is 10.9 Å². The van der Waals surface area contributed by atoms with E-state index in [1.54, 1.807) is 30.4 Å². The van der Waals surface area contributed by atoms with Gasteiger partial charge in [0.2, 0.25) is 0 Å². The maximum atomic E-state index is 15.3. The Labute approximate surface area is 252 Å². The smallest absolute Gasteiger partial charge is 0.195 e. The number of carbonyl (C=O) groups excluding carboxylic acids is 1. The molecule has 0 bridgehead atoms. The number of ketones is 1. The lowest BCUT2D eigenvalue weighted by Gasteiger charge is -2.31. The molecule has 0 radical (unpaired) electrons. The number of fused-ring (bicyclic) bond motifs is 2. The Kier molecular flexibility index (Phi) is 8.30. The Morgan fingerprint density at radius 1 is 0.976 bits per heavy atom. The first-order valence-corrected chi connectivity index (χ1v) is 15.9. The van der Waals surface area contributed by atoms with Gasteiger partial charge in [0.25, 0.3) is 0 Å². The van der Waals surface area contributed by atoms with Gasteiger partial charge in [-0.15, -0.1) is 0 Å². The Bertz CT molecular complexity index is 1640. The maximum Gasteiger partial charge on any atom is 0.195 e. The van der Waals surface area contributed by atoms with E-state index >= 15 is 4.39 Å². The lowest BCUT2D eigenvalue weighted by molar-refractivity contribution is -0.244. The summed E-state index contributed by atoms with van der Waals surface area (Å²) in [5, 5.41) is 13.5. The molecule has 0 atom stereocenters. The van der Waals surface area contributed by atoms with E-state index in [0.717, 1.165) is 39.7 Å². The van der Waals surface area contributed by atoms with Crippen LogP contribution in [0.5, 0.6) is 0 Å². The van der Waals surface area contributed by atoms with Gasteiger partial charge in [-0.25, -0.2) is 4.39 Å². The van der Waals surface area contributed by atoms with Gasteiger partial charge in [-0.3, -0.25) is 9.79 Å². The molecule has 3 nitrogen and oxygen atoms in total. The molecule has 3 aliphatic carbocycles. The summed E-state index contributed by atoms with van der Waals surface area (Å²) >= 11 is 1.44. The number of benzene rings is 3. The number of nitrogens with zero attached hydrogens (tertiary/aromatic N) is 1. The molecule has 6 rings (SSSR count). The van der Waals surface area contributed by atoms with Crippen molar-refractivity contribution >= 4 is 29.0 Å². The average molecular weight is 577 g/mol. The third-order valence-electron chi connectivity index (χ3n) is 8.74. The molecule has 0 unspecified atom stereocenters. The van der Waals surface area contributed by atoms with E-state index in [2.05, 4.69) is 18.0 Å². The fourth-order valence-electron chi connectivity index (χ4n) is 6.62. The van der Waals surface area contributed by atoms with E-state index in [9.17, 15) is 9.90 Å². The summed E-state index contributed by atoms with van der Waals surface area (Å²) < 4.78 is 15.3. The van der Waals surface area contributed by atoms with Crippen LogP contribution >= 0.6 is 11.8 Å². The fourth-order valence-corrected chi connectivity index (χ4v) is 7.60. The summed E-state index contributed by atoms with van der Waals surface area (Å²) in [6, 6.07) is 18.9. The first-order valence-electron chi connectivity index (χ1n) is 15.1. The molecule has 0 spiro atoms. The second-order valence-corrected chi connectivity index (χ2v) is 12.5. The van der Waals surface area contributed by atoms with Gasteiger partial charge in [-0.1, -0.05) is 85.8 Å². The summed E-state index contributed by atoms with van der Waals surface area (Å²) in [6.45, 7) is 4.69. The summed E-state index contributed by atoms with van der Waals surface area (Å²) in [5.74, 6) is 0.771. The quantitative estimate of drug-likeness (QED) is 0.282. The van der Waals surface area contributed by atoms with Gasteiger partial charge in [-0.05, 0) is 91.5 Å². The molecule has 42 heavy (non-hydrogen) atoms. The highest BCUT2D eigenvalue weighted by Crippen LogP contribution is 2.42. The topological polar surface area (TPSA) is 52.5 Å². The van der Waals surface area contributed by atoms with Crippen molar-refractivity contribution in [3.63, 3.8) is 0 Å². The lowest BCUT2D eigenvalue weighted by atomic mass is 9.77. The van der Waals surface area contributed by atoms with Crippen LogP contribution in [-0.4, -0.2) is 18.0 Å². The Morgan fingerprint density at radius 3 is 2.48 bits per heavy atom. The Hall–Kier alpha value is -3.70. The highest BCUT2D eigenvalue weighted by Gasteiger charge is 2.31. The predicted molar refractivity (Wildman–Crippen MR) is 168 cm³/mol. The molecular weight excluding hydrogens is 541 g/mol. The van der Waals surface area contributed by atoms with Crippen LogP contribution in [0, 0.1) is 11.7 Å². The number of hydrogen-bond donors (Lipinski definition) is 0. The van der Waals surface area contributed by atoms with E-state index in [-0.39, 0.29) is 17.4 Å². The number of allylic oxidation sites excluding steroid dienone is 5. The molecule has 0 amide bonds. The number of carbonyl (C=O) groups is 1. The van der Waals surface area contributed by atoms with Gasteiger partial charge in [0, 0.05) is 38.6 Å². The number of rotatable bonds is 7. The molecule has 3 aromatic rings. The molecule has 0 aromatic heterocycles. The van der Waals surface area contributed by atoms with Crippen molar-refractivity contribution < 1.29 is 14.3 Å². The zero-order chi connectivity index (χ0) is 29.2. The maximum absolute atomic E-state index is 15.3. The predicted octanol–water partition coefficient (Wildman–Crippen LogP) is 8.94. The summed E-state index contributed by atoms with van der Waals surface area (Å²) in [7, 11) is 0. The number of Topliss-reactive ketones (excluding diaryl/α,β-unsaturated/α-hetero) is 1. The van der Waals surface area contributed by atoms with Crippen LogP contribution in [-0.2, 0) is 0 Å². The second kappa shape index (κ2) is 12.3. The van der Waals surface area contributed by atoms with Crippen LogP contribution in [0.2, 0.25) is 0 Å². The molecule has 3 aromatic carbocycles. The number of hydrogen-bond acceptors (Lipinski definition) is 4. The first kappa shape index (κ1) is 28.4. The molecule has 0 heterocycles. The molecule has 0 aliphatic heterocycles. The minimum absolute atomic E-state index is 0.159. The van der Waals surface area contributed by atoms with Crippen molar-refractivity contribution in [2.75, 3.05) is 6.54 Å². The number of aliphatic imine (C=N–C) groups is 1. The summed E-state index contributed by atoms with van der Waals surface area (Å²) in [5.41, 5.74) is 4.72. The third-order valence-corrected chi connectivity index (χ3v) is 9.81. The normalized spacial score (nSPS) is 20.9. The van der Waals surface area contributed by atoms with Crippen molar-refractivity contribution in [2.45, 2.75) is 68.1 Å². The lowest BCUT2D eigenvalue weighted by Crippen LogP contribution is -2.26. The van der Waals surface area contributed by atoms with Gasteiger partial charge in [0.05, 0.1) is 5.71 Å². The van der Waals surface area contributed by atoms with Gasteiger partial charge in [-0.2, -0.15) is 0 Å².